The molecule has 2 aromatic heterocycles. The lowest BCUT2D eigenvalue weighted by atomic mass is 10.0. The van der Waals surface area contributed by atoms with E-state index in [4.69, 9.17) is 16.3 Å². The number of hydrogen-bond donors (Lipinski definition) is 1. The Morgan fingerprint density at radius 1 is 1.08 bits per heavy atom. The predicted molar refractivity (Wildman–Crippen MR) is 150 cm³/mol. The smallest absolute Gasteiger partial charge is 0.410 e. The molecule has 0 aliphatic carbocycles. The lowest BCUT2D eigenvalue weighted by Crippen LogP contribution is -2.39. The van der Waals surface area contributed by atoms with E-state index in [9.17, 15) is 4.79 Å². The molecule has 5 rings (SSSR count). The van der Waals surface area contributed by atoms with Crippen molar-refractivity contribution < 1.29 is 9.53 Å². The van der Waals surface area contributed by atoms with Crippen molar-refractivity contribution in [3.8, 4) is 11.3 Å². The fourth-order valence-electron chi connectivity index (χ4n) is 4.07. The Hall–Kier alpha value is -3.49. The fourth-order valence-corrected chi connectivity index (χ4v) is 4.84. The molecule has 1 N–H and O–H groups in total. The van der Waals surface area contributed by atoms with Crippen LogP contribution in [-0.2, 0) is 4.74 Å². The minimum absolute atomic E-state index is 0.275. The topological polar surface area (TPSA) is 71.8 Å². The van der Waals surface area contributed by atoms with E-state index >= 15 is 0 Å². The highest BCUT2D eigenvalue weighted by atomic mass is 35.5. The molecular formula is C28H28ClN5O2S. The van der Waals surface area contributed by atoms with Gasteiger partial charge in [-0.05, 0) is 92.7 Å². The number of benzene rings is 2. The van der Waals surface area contributed by atoms with Gasteiger partial charge in [-0.3, -0.25) is 0 Å². The maximum Gasteiger partial charge on any atom is 0.410 e. The van der Waals surface area contributed by atoms with E-state index in [0.717, 1.165) is 44.4 Å². The molecule has 1 amide bonds. The van der Waals surface area contributed by atoms with Crippen LogP contribution in [0.2, 0.25) is 5.02 Å². The Kier molecular flexibility index (Phi) is 7.13. The van der Waals surface area contributed by atoms with E-state index in [1.54, 1.807) is 11.2 Å². The summed E-state index contributed by atoms with van der Waals surface area (Å²) in [4.78, 5) is 19.8. The molecule has 0 atom stereocenters. The fraction of sp³-hybridized carbons (Fsp3) is 0.250. The van der Waals surface area contributed by atoms with Crippen molar-refractivity contribution >= 4 is 46.4 Å². The van der Waals surface area contributed by atoms with Crippen LogP contribution in [0, 0.1) is 0 Å². The number of anilines is 1. The van der Waals surface area contributed by atoms with E-state index in [-0.39, 0.29) is 6.09 Å². The predicted octanol–water partition coefficient (Wildman–Crippen LogP) is 7.19. The Bertz CT molecular complexity index is 1440. The van der Waals surface area contributed by atoms with Gasteiger partial charge in [0.05, 0.1) is 11.2 Å². The maximum atomic E-state index is 12.4. The van der Waals surface area contributed by atoms with Gasteiger partial charge in [0.1, 0.15) is 11.9 Å². The van der Waals surface area contributed by atoms with Gasteiger partial charge in [-0.25, -0.2) is 14.3 Å². The van der Waals surface area contributed by atoms with Gasteiger partial charge in [-0.15, -0.1) is 0 Å². The van der Waals surface area contributed by atoms with E-state index < -0.39 is 5.60 Å². The summed E-state index contributed by atoms with van der Waals surface area (Å²) in [7, 11) is 0. The number of nitrogens with one attached hydrogen (secondary N) is 1. The molecule has 3 heterocycles. The maximum absolute atomic E-state index is 12.4. The number of amides is 1. The third-order valence-electron chi connectivity index (χ3n) is 5.90. The molecule has 0 unspecified atom stereocenters. The van der Waals surface area contributed by atoms with Crippen LogP contribution in [0.5, 0.6) is 0 Å². The highest BCUT2D eigenvalue weighted by molar-refractivity contribution is 8.00. The molecule has 0 saturated carbocycles. The summed E-state index contributed by atoms with van der Waals surface area (Å²) in [6, 6.07) is 18.0. The second kappa shape index (κ2) is 10.5. The van der Waals surface area contributed by atoms with Crippen molar-refractivity contribution in [3.05, 3.63) is 83.8 Å². The Labute approximate surface area is 225 Å². The van der Waals surface area contributed by atoms with Crippen molar-refractivity contribution in [2.45, 2.75) is 37.7 Å². The summed E-state index contributed by atoms with van der Waals surface area (Å²) in [5.74, 6) is 0. The van der Waals surface area contributed by atoms with Gasteiger partial charge in [-0.1, -0.05) is 29.8 Å². The number of aromatic nitrogens is 3. The van der Waals surface area contributed by atoms with Crippen LogP contribution >= 0.6 is 23.5 Å². The molecule has 0 bridgehead atoms. The van der Waals surface area contributed by atoms with Crippen LogP contribution < -0.4 is 4.72 Å². The third-order valence-corrected chi connectivity index (χ3v) is 6.99. The molecule has 37 heavy (non-hydrogen) atoms. The number of ether oxygens (including phenoxy) is 1. The molecule has 0 saturated heterocycles. The highest BCUT2D eigenvalue weighted by Gasteiger charge is 2.24. The van der Waals surface area contributed by atoms with Crippen LogP contribution in [0.4, 0.5) is 10.5 Å². The van der Waals surface area contributed by atoms with Crippen LogP contribution in [0.25, 0.3) is 22.3 Å². The van der Waals surface area contributed by atoms with Gasteiger partial charge in [0, 0.05) is 40.5 Å². The van der Waals surface area contributed by atoms with Gasteiger partial charge >= 0.3 is 6.09 Å². The standard InChI is InChI=1S/C28H28ClN5O2S/c1-28(2,3)36-27(35)33-14-12-19(13-15-33)21-16-25-26(30-18-31-34(25)17-21)20-4-8-23(9-5-20)32-37-24-10-6-22(29)7-11-24/h4-12,16-18,32H,13-15H2,1-3H3. The molecule has 190 valence electrons. The zero-order chi connectivity index (χ0) is 26.0. The van der Waals surface area contributed by atoms with Crippen molar-refractivity contribution in [2.24, 2.45) is 0 Å². The quantitative estimate of drug-likeness (QED) is 0.274. The summed E-state index contributed by atoms with van der Waals surface area (Å²) < 4.78 is 10.7. The van der Waals surface area contributed by atoms with Gasteiger partial charge in [0.15, 0.2) is 0 Å². The molecule has 0 radical (unpaired) electrons. The van der Waals surface area contributed by atoms with E-state index in [1.165, 1.54) is 17.5 Å². The van der Waals surface area contributed by atoms with Crippen LogP contribution in [0.1, 0.15) is 32.8 Å². The van der Waals surface area contributed by atoms with Crippen LogP contribution in [0.3, 0.4) is 0 Å². The molecular weight excluding hydrogens is 506 g/mol. The zero-order valence-electron chi connectivity index (χ0n) is 20.9. The van der Waals surface area contributed by atoms with Crippen LogP contribution in [0.15, 0.2) is 78.1 Å². The molecule has 7 nitrogen and oxygen atoms in total. The van der Waals surface area contributed by atoms with Crippen molar-refractivity contribution in [2.75, 3.05) is 17.8 Å². The van der Waals surface area contributed by atoms with E-state index in [1.807, 2.05) is 67.9 Å². The first-order valence-electron chi connectivity index (χ1n) is 12.0. The second-order valence-electron chi connectivity index (χ2n) is 9.81. The lowest BCUT2D eigenvalue weighted by Gasteiger charge is -2.29. The largest absolute Gasteiger partial charge is 0.444 e. The third kappa shape index (κ3) is 6.09. The second-order valence-corrected chi connectivity index (χ2v) is 11.1. The van der Waals surface area contributed by atoms with Crippen molar-refractivity contribution in [1.82, 2.24) is 19.5 Å². The number of fused-ring (bicyclic) bond motifs is 1. The van der Waals surface area contributed by atoms with Crippen LogP contribution in [-0.4, -0.2) is 44.3 Å². The molecule has 0 spiro atoms. The molecule has 1 aliphatic rings. The van der Waals surface area contributed by atoms with Gasteiger partial charge in [0.2, 0.25) is 0 Å². The Balaban J connectivity index is 1.30. The van der Waals surface area contributed by atoms with Gasteiger partial charge in [0.25, 0.3) is 0 Å². The summed E-state index contributed by atoms with van der Waals surface area (Å²) in [5.41, 5.74) is 5.58. The van der Waals surface area contributed by atoms with Gasteiger partial charge < -0.3 is 14.4 Å². The monoisotopic (exact) mass is 533 g/mol. The zero-order valence-corrected chi connectivity index (χ0v) is 22.5. The Morgan fingerprint density at radius 2 is 1.84 bits per heavy atom. The summed E-state index contributed by atoms with van der Waals surface area (Å²) in [5, 5.41) is 5.14. The number of carbonyl (C=O) groups excluding carboxylic acids is 1. The number of halogens is 1. The van der Waals surface area contributed by atoms with E-state index in [2.05, 4.69) is 39.1 Å². The molecule has 1 aliphatic heterocycles. The summed E-state index contributed by atoms with van der Waals surface area (Å²) in [6.45, 7) is 6.79. The summed E-state index contributed by atoms with van der Waals surface area (Å²) >= 11 is 7.50. The van der Waals surface area contributed by atoms with E-state index in [0.29, 0.717) is 13.1 Å². The normalized spacial score (nSPS) is 13.9. The average molecular weight is 534 g/mol. The SMILES string of the molecule is CC(C)(C)OC(=O)N1CC=C(c2cc3c(-c4ccc(NSc5ccc(Cl)cc5)cc4)ncnn3c2)CC1. The summed E-state index contributed by atoms with van der Waals surface area (Å²) in [6.07, 6.45) is 6.17. The number of nitrogens with zero attached hydrogens (tertiary/aromatic N) is 4. The minimum atomic E-state index is -0.500. The first-order valence-corrected chi connectivity index (χ1v) is 13.2. The van der Waals surface area contributed by atoms with Crippen molar-refractivity contribution in [3.63, 3.8) is 0 Å². The molecule has 2 aromatic carbocycles. The number of rotatable bonds is 5. The lowest BCUT2D eigenvalue weighted by molar-refractivity contribution is 0.0270. The number of carbonyl (C=O) groups is 1. The Morgan fingerprint density at radius 3 is 2.51 bits per heavy atom. The molecule has 4 aromatic rings. The number of hydrogen-bond acceptors (Lipinski definition) is 6. The molecule has 0 fully saturated rings. The first kappa shape index (κ1) is 25.2. The highest BCUT2D eigenvalue weighted by Crippen LogP contribution is 2.30. The first-order chi connectivity index (χ1) is 17.7. The van der Waals surface area contributed by atoms with Gasteiger partial charge in [-0.2, -0.15) is 5.10 Å². The van der Waals surface area contributed by atoms with Crippen molar-refractivity contribution in [1.29, 1.82) is 0 Å². The molecule has 9 heteroatoms. The minimum Gasteiger partial charge on any atom is -0.444 e. The average Bonchev–Trinajstić information content (AvgIpc) is 3.32.